The summed E-state index contributed by atoms with van der Waals surface area (Å²) in [5, 5.41) is 3.45. The molecule has 0 fully saturated rings. The summed E-state index contributed by atoms with van der Waals surface area (Å²) in [6.45, 7) is 3.84. The highest BCUT2D eigenvalue weighted by Crippen LogP contribution is 2.25. The molecule has 5 heteroatoms. The van der Waals surface area contributed by atoms with Crippen LogP contribution in [-0.4, -0.2) is 12.5 Å². The zero-order valence-corrected chi connectivity index (χ0v) is 14.1. The Morgan fingerprint density at radius 3 is 2.52 bits per heavy atom. The van der Waals surface area contributed by atoms with Crippen LogP contribution < -0.4 is 10.1 Å². The third kappa shape index (κ3) is 4.48. The summed E-state index contributed by atoms with van der Waals surface area (Å²) in [6.07, 6.45) is 0. The Kier molecular flexibility index (Phi) is 5.26. The molecule has 0 aliphatic rings. The summed E-state index contributed by atoms with van der Waals surface area (Å²) < 4.78 is 6.41. The van der Waals surface area contributed by atoms with Gasteiger partial charge in [0.2, 0.25) is 0 Å². The minimum Gasteiger partial charge on any atom is -0.484 e. The van der Waals surface area contributed by atoms with Gasteiger partial charge in [0, 0.05) is 15.2 Å². The Labute approximate surface area is 137 Å². The lowest BCUT2D eigenvalue weighted by molar-refractivity contribution is -0.118. The lowest BCUT2D eigenvalue weighted by atomic mass is 10.1. The molecule has 0 saturated carbocycles. The normalized spacial score (nSPS) is 10.3. The third-order valence-electron chi connectivity index (χ3n) is 2.93. The van der Waals surface area contributed by atoms with Gasteiger partial charge in [-0.2, -0.15) is 0 Å². The number of nitrogens with one attached hydrogen (secondary N) is 1. The zero-order chi connectivity index (χ0) is 15.4. The van der Waals surface area contributed by atoms with Crippen molar-refractivity contribution in [3.63, 3.8) is 0 Å². The molecule has 1 amide bonds. The molecule has 3 nitrogen and oxygen atoms in total. The average molecular weight is 369 g/mol. The molecule has 0 aromatic heterocycles. The number of rotatable bonds is 4. The Morgan fingerprint density at radius 2 is 1.90 bits per heavy atom. The van der Waals surface area contributed by atoms with Crippen molar-refractivity contribution in [1.29, 1.82) is 0 Å². The van der Waals surface area contributed by atoms with Gasteiger partial charge in [0.05, 0.1) is 0 Å². The van der Waals surface area contributed by atoms with Crippen LogP contribution in [0.15, 0.2) is 40.9 Å². The number of aryl methyl sites for hydroxylation is 2. The highest BCUT2D eigenvalue weighted by atomic mass is 79.9. The number of anilines is 1. The summed E-state index contributed by atoms with van der Waals surface area (Å²) >= 11 is 9.29. The molecule has 21 heavy (non-hydrogen) atoms. The molecule has 0 aliphatic carbocycles. The van der Waals surface area contributed by atoms with E-state index in [1.54, 1.807) is 24.3 Å². The van der Waals surface area contributed by atoms with Crippen LogP contribution in [0.5, 0.6) is 5.75 Å². The number of hydrogen-bond donors (Lipinski definition) is 1. The molecule has 0 aliphatic heterocycles. The Balaban J connectivity index is 1.99. The molecule has 0 unspecified atom stereocenters. The SMILES string of the molecule is Cc1cc(Br)cc(C)c1NC(=O)COc1cccc(Cl)c1. The van der Waals surface area contributed by atoms with Crippen molar-refractivity contribution < 1.29 is 9.53 Å². The summed E-state index contributed by atoms with van der Waals surface area (Å²) in [4.78, 5) is 12.0. The van der Waals surface area contributed by atoms with Gasteiger partial charge in [-0.15, -0.1) is 0 Å². The quantitative estimate of drug-likeness (QED) is 0.846. The smallest absolute Gasteiger partial charge is 0.262 e. The molecule has 1 N–H and O–H groups in total. The second kappa shape index (κ2) is 6.96. The molecule has 0 spiro atoms. The van der Waals surface area contributed by atoms with E-state index in [0.29, 0.717) is 10.8 Å². The van der Waals surface area contributed by atoms with Crippen LogP contribution >= 0.6 is 27.5 Å². The van der Waals surface area contributed by atoms with Crippen molar-refractivity contribution in [1.82, 2.24) is 0 Å². The van der Waals surface area contributed by atoms with E-state index >= 15 is 0 Å². The summed E-state index contributed by atoms with van der Waals surface area (Å²) in [5.41, 5.74) is 2.81. The predicted octanol–water partition coefficient (Wildman–Crippen LogP) is 4.74. The molecule has 0 atom stereocenters. The van der Waals surface area contributed by atoms with Crippen molar-refractivity contribution >= 4 is 39.1 Å². The molecule has 0 saturated heterocycles. The number of carbonyl (C=O) groups excluding carboxylic acids is 1. The van der Waals surface area contributed by atoms with Gasteiger partial charge in [-0.05, 0) is 55.3 Å². The first kappa shape index (κ1) is 15.9. The maximum Gasteiger partial charge on any atom is 0.262 e. The fourth-order valence-corrected chi connectivity index (χ4v) is 2.86. The van der Waals surface area contributed by atoms with Crippen molar-refractivity contribution in [3.05, 3.63) is 57.0 Å². The van der Waals surface area contributed by atoms with Crippen molar-refractivity contribution in [3.8, 4) is 5.75 Å². The van der Waals surface area contributed by atoms with Crippen molar-refractivity contribution in [2.75, 3.05) is 11.9 Å². The molecular formula is C16H15BrClNO2. The fourth-order valence-electron chi connectivity index (χ4n) is 1.99. The van der Waals surface area contributed by atoms with E-state index in [0.717, 1.165) is 21.3 Å². The van der Waals surface area contributed by atoms with Crippen LogP contribution in [0.3, 0.4) is 0 Å². The van der Waals surface area contributed by atoms with Gasteiger partial charge >= 0.3 is 0 Å². The Bertz CT molecular complexity index is 650. The van der Waals surface area contributed by atoms with Gasteiger partial charge in [-0.25, -0.2) is 0 Å². The van der Waals surface area contributed by atoms with E-state index in [1.807, 2.05) is 26.0 Å². The summed E-state index contributed by atoms with van der Waals surface area (Å²) in [5.74, 6) is 0.366. The lowest BCUT2D eigenvalue weighted by Gasteiger charge is -2.13. The fraction of sp³-hybridized carbons (Fsp3) is 0.188. The molecule has 2 rings (SSSR count). The largest absolute Gasteiger partial charge is 0.484 e. The van der Waals surface area contributed by atoms with E-state index in [9.17, 15) is 4.79 Å². The molecule has 110 valence electrons. The monoisotopic (exact) mass is 367 g/mol. The Morgan fingerprint density at radius 1 is 1.24 bits per heavy atom. The van der Waals surface area contributed by atoms with Crippen molar-refractivity contribution in [2.45, 2.75) is 13.8 Å². The van der Waals surface area contributed by atoms with Crippen LogP contribution in [0.25, 0.3) is 0 Å². The van der Waals surface area contributed by atoms with Crippen molar-refractivity contribution in [2.24, 2.45) is 0 Å². The summed E-state index contributed by atoms with van der Waals surface area (Å²) in [6, 6.07) is 10.9. The Hall–Kier alpha value is -1.52. The number of hydrogen-bond acceptors (Lipinski definition) is 2. The number of halogens is 2. The van der Waals surface area contributed by atoms with Crippen LogP contribution in [0.2, 0.25) is 5.02 Å². The lowest BCUT2D eigenvalue weighted by Crippen LogP contribution is -2.21. The van der Waals surface area contributed by atoms with E-state index in [2.05, 4.69) is 21.2 Å². The highest BCUT2D eigenvalue weighted by Gasteiger charge is 2.09. The third-order valence-corrected chi connectivity index (χ3v) is 3.62. The molecule has 0 heterocycles. The number of ether oxygens (including phenoxy) is 1. The molecule has 0 bridgehead atoms. The maximum atomic E-state index is 12.0. The molecule has 2 aromatic carbocycles. The van der Waals surface area contributed by atoms with Gasteiger partial charge in [-0.1, -0.05) is 33.6 Å². The first-order valence-electron chi connectivity index (χ1n) is 6.40. The average Bonchev–Trinajstić information content (AvgIpc) is 2.40. The predicted molar refractivity (Wildman–Crippen MR) is 89.2 cm³/mol. The van der Waals surface area contributed by atoms with E-state index in [1.165, 1.54) is 0 Å². The van der Waals surface area contributed by atoms with Gasteiger partial charge in [0.1, 0.15) is 5.75 Å². The second-order valence-electron chi connectivity index (χ2n) is 4.71. The number of amides is 1. The van der Waals surface area contributed by atoms with Gasteiger partial charge in [0.15, 0.2) is 6.61 Å². The molecule has 2 aromatic rings. The molecule has 0 radical (unpaired) electrons. The maximum absolute atomic E-state index is 12.0. The van der Waals surface area contributed by atoms with Crippen LogP contribution in [0.1, 0.15) is 11.1 Å². The van der Waals surface area contributed by atoms with Gasteiger partial charge in [0.25, 0.3) is 5.91 Å². The zero-order valence-electron chi connectivity index (χ0n) is 11.7. The van der Waals surface area contributed by atoms with E-state index in [4.69, 9.17) is 16.3 Å². The van der Waals surface area contributed by atoms with Crippen LogP contribution in [0.4, 0.5) is 5.69 Å². The molecular weight excluding hydrogens is 354 g/mol. The minimum absolute atomic E-state index is 0.0602. The first-order valence-corrected chi connectivity index (χ1v) is 7.58. The second-order valence-corrected chi connectivity index (χ2v) is 6.06. The number of benzene rings is 2. The van der Waals surface area contributed by atoms with Crippen LogP contribution in [0, 0.1) is 13.8 Å². The topological polar surface area (TPSA) is 38.3 Å². The standard InChI is InChI=1S/C16H15BrClNO2/c1-10-6-12(17)7-11(2)16(10)19-15(20)9-21-14-5-3-4-13(18)8-14/h3-8H,9H2,1-2H3,(H,19,20). The minimum atomic E-state index is -0.205. The first-order chi connectivity index (χ1) is 9.95. The summed E-state index contributed by atoms with van der Waals surface area (Å²) in [7, 11) is 0. The highest BCUT2D eigenvalue weighted by molar-refractivity contribution is 9.10. The van der Waals surface area contributed by atoms with Gasteiger partial charge < -0.3 is 10.1 Å². The van der Waals surface area contributed by atoms with Gasteiger partial charge in [-0.3, -0.25) is 4.79 Å². The number of carbonyl (C=O) groups is 1. The van der Waals surface area contributed by atoms with Crippen LogP contribution in [-0.2, 0) is 4.79 Å². The van der Waals surface area contributed by atoms with E-state index < -0.39 is 0 Å². The van der Waals surface area contributed by atoms with E-state index in [-0.39, 0.29) is 12.5 Å².